The molecule has 0 unspecified atom stereocenters. The summed E-state index contributed by atoms with van der Waals surface area (Å²) >= 11 is 0. The van der Waals surface area contributed by atoms with Crippen molar-refractivity contribution in [2.45, 2.75) is 64.5 Å². The molecule has 5 N–H and O–H groups in total. The number of benzene rings is 2. The minimum absolute atomic E-state index is 0.140. The number of alkyl carbamates (subject to hydrolysis) is 1. The van der Waals surface area contributed by atoms with E-state index in [4.69, 9.17) is 9.72 Å². The summed E-state index contributed by atoms with van der Waals surface area (Å²) in [6.45, 7) is 9.78. The van der Waals surface area contributed by atoms with E-state index in [1.807, 2.05) is 51.2 Å². The number of hydrogen-bond acceptors (Lipinski definition) is 10. The fourth-order valence-corrected chi connectivity index (χ4v) is 6.59. The van der Waals surface area contributed by atoms with Crippen molar-refractivity contribution in [3.8, 4) is 22.5 Å². The van der Waals surface area contributed by atoms with Gasteiger partial charge in [-0.05, 0) is 105 Å². The van der Waals surface area contributed by atoms with Crippen LogP contribution in [0.15, 0.2) is 66.9 Å². The second kappa shape index (κ2) is 16.8. The number of rotatable bonds is 11. The molecule has 2 aromatic heterocycles. The van der Waals surface area contributed by atoms with Crippen molar-refractivity contribution in [2.75, 3.05) is 42.9 Å². The highest BCUT2D eigenvalue weighted by Gasteiger charge is 2.30. The Balaban J connectivity index is 1.09. The van der Waals surface area contributed by atoms with Gasteiger partial charge in [-0.2, -0.15) is 5.21 Å². The van der Waals surface area contributed by atoms with Crippen LogP contribution in [0.2, 0.25) is 0 Å². The van der Waals surface area contributed by atoms with Gasteiger partial charge in [0.05, 0.1) is 0 Å². The van der Waals surface area contributed by atoms with E-state index in [1.165, 1.54) is 0 Å². The van der Waals surface area contributed by atoms with Gasteiger partial charge in [0.1, 0.15) is 17.5 Å². The molecular formula is C38H48N10O4. The SMILES string of the molecule is CC(C)(C)OC(=O)NCC1CCC(C(=O)N[C@@H](Cc2ccc(-c3ccc(N4CCNCC4)nc3)cc2)C(=O)Nc2ccc(-c3nn[nH]n3)cc2)CC1. The number of carbonyl (C=O) groups excluding carboxylic acids is 3. The van der Waals surface area contributed by atoms with Gasteiger partial charge in [0.15, 0.2) is 0 Å². The zero-order chi connectivity index (χ0) is 36.5. The molecule has 0 bridgehead atoms. The summed E-state index contributed by atoms with van der Waals surface area (Å²) in [5, 5.41) is 26.3. The van der Waals surface area contributed by atoms with Crippen molar-refractivity contribution in [3.05, 3.63) is 72.4 Å². The number of anilines is 2. The lowest BCUT2D eigenvalue weighted by Crippen LogP contribution is -2.48. The van der Waals surface area contributed by atoms with E-state index in [9.17, 15) is 14.4 Å². The summed E-state index contributed by atoms with van der Waals surface area (Å²) in [4.78, 5) is 46.5. The van der Waals surface area contributed by atoms with Gasteiger partial charge in [0.25, 0.3) is 0 Å². The number of nitrogens with zero attached hydrogens (tertiary/aromatic N) is 5. The maximum Gasteiger partial charge on any atom is 0.407 e. The van der Waals surface area contributed by atoms with Gasteiger partial charge in [-0.3, -0.25) is 9.59 Å². The zero-order valence-corrected chi connectivity index (χ0v) is 30.0. The highest BCUT2D eigenvalue weighted by atomic mass is 16.6. The number of aromatic nitrogens is 5. The highest BCUT2D eigenvalue weighted by Crippen LogP contribution is 2.29. The van der Waals surface area contributed by atoms with Gasteiger partial charge in [0.2, 0.25) is 17.6 Å². The molecule has 14 heteroatoms. The number of amides is 3. The second-order valence-corrected chi connectivity index (χ2v) is 14.5. The van der Waals surface area contributed by atoms with Crippen LogP contribution in [0.5, 0.6) is 0 Å². The maximum atomic E-state index is 13.8. The number of carbonyl (C=O) groups is 3. The molecule has 1 aliphatic carbocycles. The normalized spacial score (nSPS) is 18.2. The molecule has 1 atom stereocenters. The van der Waals surface area contributed by atoms with E-state index in [2.05, 4.69) is 58.9 Å². The number of nitrogens with one attached hydrogen (secondary N) is 5. The molecule has 2 aromatic carbocycles. The quantitative estimate of drug-likeness (QED) is 0.151. The topological polar surface area (TPSA) is 179 Å². The largest absolute Gasteiger partial charge is 0.444 e. The van der Waals surface area contributed by atoms with Crippen molar-refractivity contribution in [2.24, 2.45) is 11.8 Å². The van der Waals surface area contributed by atoms with Gasteiger partial charge in [-0.15, -0.1) is 10.2 Å². The third kappa shape index (κ3) is 10.1. The van der Waals surface area contributed by atoms with Crippen LogP contribution in [-0.4, -0.2) is 87.9 Å². The van der Waals surface area contributed by atoms with Crippen molar-refractivity contribution in [1.29, 1.82) is 0 Å². The molecule has 1 saturated heterocycles. The molecule has 1 aliphatic heterocycles. The van der Waals surface area contributed by atoms with Gasteiger partial charge < -0.3 is 30.9 Å². The third-order valence-electron chi connectivity index (χ3n) is 9.46. The second-order valence-electron chi connectivity index (χ2n) is 14.5. The molecule has 2 aliphatic rings. The monoisotopic (exact) mass is 708 g/mol. The lowest BCUT2D eigenvalue weighted by molar-refractivity contribution is -0.130. The molecule has 6 rings (SSSR count). The van der Waals surface area contributed by atoms with E-state index in [-0.39, 0.29) is 23.7 Å². The number of hydrogen-bond donors (Lipinski definition) is 5. The summed E-state index contributed by atoms with van der Waals surface area (Å²) in [7, 11) is 0. The molecule has 52 heavy (non-hydrogen) atoms. The van der Waals surface area contributed by atoms with Gasteiger partial charge in [0, 0.05) is 68.1 Å². The molecular weight excluding hydrogens is 660 g/mol. The number of ether oxygens (including phenoxy) is 1. The number of tetrazole rings is 1. The summed E-state index contributed by atoms with van der Waals surface area (Å²) in [5.41, 5.74) is 3.72. The molecule has 0 spiro atoms. The summed E-state index contributed by atoms with van der Waals surface area (Å²) in [6, 6.07) is 18.5. The molecule has 3 amide bonds. The van der Waals surface area contributed by atoms with Gasteiger partial charge >= 0.3 is 6.09 Å². The number of aromatic amines is 1. The first-order chi connectivity index (χ1) is 25.1. The third-order valence-corrected chi connectivity index (χ3v) is 9.46. The van der Waals surface area contributed by atoms with E-state index in [0.717, 1.165) is 67.1 Å². The van der Waals surface area contributed by atoms with Crippen LogP contribution in [0, 0.1) is 11.8 Å². The van der Waals surface area contributed by atoms with Gasteiger partial charge in [-0.1, -0.05) is 24.3 Å². The molecule has 3 heterocycles. The summed E-state index contributed by atoms with van der Waals surface area (Å²) in [6.07, 6.45) is 4.72. The fraction of sp³-hybridized carbons (Fsp3) is 0.447. The van der Waals surface area contributed by atoms with Crippen LogP contribution in [0.25, 0.3) is 22.5 Å². The number of piperazine rings is 1. The van der Waals surface area contributed by atoms with Crippen LogP contribution in [-0.2, 0) is 20.7 Å². The van der Waals surface area contributed by atoms with E-state index >= 15 is 0 Å². The van der Waals surface area contributed by atoms with Crippen LogP contribution < -0.4 is 26.2 Å². The Kier molecular flexibility index (Phi) is 11.7. The lowest BCUT2D eigenvalue weighted by atomic mass is 9.81. The molecule has 4 aromatic rings. The standard InChI is InChI=1S/C38H48N10O4/c1-38(2,3)52-37(51)41-23-26-6-10-29(11-7-26)35(49)43-32(36(50)42-31-15-12-28(13-16-31)34-44-46-47-45-34)22-25-4-8-27(9-5-25)30-14-17-33(40-24-30)48-20-18-39-19-21-48/h4-5,8-9,12-17,24,26,29,32,39H,6-7,10-11,18-23H2,1-3H3,(H,41,51)(H,42,50)(H,43,49)(H,44,45,46,47)/t26?,29?,32-/m0/s1. The van der Waals surface area contributed by atoms with E-state index < -0.39 is 17.7 Å². The average Bonchev–Trinajstić information content (AvgIpc) is 3.70. The predicted octanol–water partition coefficient (Wildman–Crippen LogP) is 4.34. The number of H-pyrrole nitrogens is 1. The van der Waals surface area contributed by atoms with Crippen molar-refractivity contribution in [1.82, 2.24) is 41.6 Å². The Hall–Kier alpha value is -5.37. The van der Waals surface area contributed by atoms with Crippen LogP contribution in [0.3, 0.4) is 0 Å². The first-order valence-corrected chi connectivity index (χ1v) is 18.0. The summed E-state index contributed by atoms with van der Waals surface area (Å²) in [5.74, 6) is 1.01. The fourth-order valence-electron chi connectivity index (χ4n) is 6.59. The lowest BCUT2D eigenvalue weighted by Gasteiger charge is -2.29. The van der Waals surface area contributed by atoms with Crippen molar-refractivity contribution in [3.63, 3.8) is 0 Å². The minimum atomic E-state index is -0.804. The van der Waals surface area contributed by atoms with Crippen LogP contribution in [0.1, 0.15) is 52.0 Å². The Morgan fingerprint density at radius 1 is 0.904 bits per heavy atom. The predicted molar refractivity (Wildman–Crippen MR) is 198 cm³/mol. The Labute approximate surface area is 303 Å². The smallest absolute Gasteiger partial charge is 0.407 e. The van der Waals surface area contributed by atoms with Crippen molar-refractivity contribution >= 4 is 29.4 Å². The first kappa shape index (κ1) is 36.4. The zero-order valence-electron chi connectivity index (χ0n) is 30.0. The molecule has 0 radical (unpaired) electrons. The molecule has 2 fully saturated rings. The Morgan fingerprint density at radius 2 is 1.60 bits per heavy atom. The average molecular weight is 709 g/mol. The number of pyridine rings is 1. The molecule has 14 nitrogen and oxygen atoms in total. The maximum absolute atomic E-state index is 13.8. The van der Waals surface area contributed by atoms with Crippen LogP contribution in [0.4, 0.5) is 16.3 Å². The van der Waals surface area contributed by atoms with E-state index in [1.54, 1.807) is 24.3 Å². The Bertz CT molecular complexity index is 1760. The van der Waals surface area contributed by atoms with Crippen LogP contribution >= 0.6 is 0 Å². The summed E-state index contributed by atoms with van der Waals surface area (Å²) < 4.78 is 5.35. The highest BCUT2D eigenvalue weighted by molar-refractivity contribution is 5.97. The van der Waals surface area contributed by atoms with Gasteiger partial charge in [-0.25, -0.2) is 9.78 Å². The first-order valence-electron chi connectivity index (χ1n) is 18.0. The minimum Gasteiger partial charge on any atom is -0.444 e. The molecule has 1 saturated carbocycles. The van der Waals surface area contributed by atoms with Crippen molar-refractivity contribution < 1.29 is 19.1 Å². The Morgan fingerprint density at radius 3 is 2.23 bits per heavy atom. The molecule has 274 valence electrons. The van der Waals surface area contributed by atoms with E-state index in [0.29, 0.717) is 37.3 Å².